The molecule has 4 aliphatic heterocycles. The number of methoxy groups -OCH3 is 3. The topological polar surface area (TPSA) is 301 Å². The first kappa shape index (κ1) is 53.9. The number of rotatable bonds is 13. The van der Waals surface area contributed by atoms with Crippen LogP contribution in [-0.2, 0) is 56.9 Å². The average molecular weight is 991 g/mol. The van der Waals surface area contributed by atoms with Gasteiger partial charge in [-0.05, 0) is 78.1 Å². The molecule has 0 aromatic heterocycles. The number of carbonyl (C=O) groups excluding carboxylic acids is 1. The van der Waals surface area contributed by atoms with Gasteiger partial charge in [-0.2, -0.15) is 0 Å². The highest BCUT2D eigenvalue weighted by molar-refractivity contribution is 5.87. The summed E-state index contributed by atoms with van der Waals surface area (Å²) in [4.78, 5) is 12.8. The second-order valence-electron chi connectivity index (χ2n) is 21.5. The van der Waals surface area contributed by atoms with Gasteiger partial charge >= 0.3 is 0 Å². The van der Waals surface area contributed by atoms with Gasteiger partial charge in [-0.15, -0.1) is 0 Å². The molecule has 396 valence electrons. The van der Waals surface area contributed by atoms with Crippen LogP contribution in [0.2, 0.25) is 0 Å². The minimum absolute atomic E-state index is 0.0128. The van der Waals surface area contributed by atoms with Crippen molar-refractivity contribution in [3.8, 4) is 0 Å². The SMILES string of the molecule is CO[C@@H]1[C@@H](O)[C@H](O[C@@H]2[C@@H](C)O[C@@H](O[C@H]3[C@@H](OC)C[C@H](O[C@H]4CC[C@@]5(C)C(=CC[C@]6(O)[C@@H]5C[C@@H](O)[C@@]5(C)[C@]6(O)CC[C@@]5(O)C(C)=O)C4)O[C@@H]3C)C[C@H]2OC)O[C@H](C)[C@H]1O[C@@H]1O[C@H](CO)[C@@H](O)[C@H](O)[C@H]1O. The van der Waals surface area contributed by atoms with Crippen LogP contribution in [0.5, 0.6) is 0 Å². The molecule has 4 heterocycles. The Balaban J connectivity index is 0.859. The molecule has 26 atom stereocenters. The van der Waals surface area contributed by atoms with Crippen LogP contribution in [0.25, 0.3) is 0 Å². The second kappa shape index (κ2) is 20.0. The van der Waals surface area contributed by atoms with E-state index in [-0.39, 0.29) is 38.2 Å². The van der Waals surface area contributed by atoms with E-state index in [1.165, 1.54) is 21.1 Å². The highest BCUT2D eigenvalue weighted by Gasteiger charge is 2.80. The summed E-state index contributed by atoms with van der Waals surface area (Å²) in [5.74, 6) is -1.06. The van der Waals surface area contributed by atoms with Gasteiger partial charge in [0.2, 0.25) is 0 Å². The molecule has 4 aliphatic carbocycles. The number of aliphatic hydroxyl groups excluding tert-OH is 6. The summed E-state index contributed by atoms with van der Waals surface area (Å²) in [6, 6.07) is 0. The van der Waals surface area contributed by atoms with Gasteiger partial charge in [0.15, 0.2) is 30.9 Å². The molecule has 4 saturated heterocycles. The molecule has 0 unspecified atom stereocenters. The van der Waals surface area contributed by atoms with E-state index in [1.54, 1.807) is 27.9 Å². The van der Waals surface area contributed by atoms with Crippen molar-refractivity contribution in [2.45, 2.75) is 239 Å². The van der Waals surface area contributed by atoms with Crippen molar-refractivity contribution in [2.75, 3.05) is 27.9 Å². The highest BCUT2D eigenvalue weighted by Crippen LogP contribution is 2.70. The Morgan fingerprint density at radius 1 is 0.681 bits per heavy atom. The molecule has 21 heteroatoms. The van der Waals surface area contributed by atoms with Gasteiger partial charge in [-0.3, -0.25) is 4.79 Å². The monoisotopic (exact) mass is 991 g/mol. The van der Waals surface area contributed by atoms with Gasteiger partial charge in [0.25, 0.3) is 0 Å². The first-order chi connectivity index (χ1) is 32.5. The van der Waals surface area contributed by atoms with Crippen molar-refractivity contribution >= 4 is 5.78 Å². The first-order valence-corrected chi connectivity index (χ1v) is 24.7. The summed E-state index contributed by atoms with van der Waals surface area (Å²) in [5, 5.41) is 100. The molecule has 0 spiro atoms. The van der Waals surface area contributed by atoms with Crippen LogP contribution in [0, 0.1) is 16.7 Å². The van der Waals surface area contributed by atoms with Gasteiger partial charge in [0.05, 0.1) is 54.7 Å². The highest BCUT2D eigenvalue weighted by atomic mass is 16.8. The largest absolute Gasteiger partial charge is 0.394 e. The zero-order chi connectivity index (χ0) is 50.3. The van der Waals surface area contributed by atoms with Crippen LogP contribution in [-0.4, -0.2) is 219 Å². The lowest BCUT2D eigenvalue weighted by Gasteiger charge is -2.66. The van der Waals surface area contributed by atoms with E-state index in [9.17, 15) is 50.8 Å². The molecule has 8 rings (SSSR count). The molecule has 0 bridgehead atoms. The van der Waals surface area contributed by atoms with E-state index in [4.69, 9.17) is 52.1 Å². The third-order valence-corrected chi connectivity index (χ3v) is 18.1. The van der Waals surface area contributed by atoms with Crippen molar-refractivity contribution in [3.63, 3.8) is 0 Å². The summed E-state index contributed by atoms with van der Waals surface area (Å²) in [7, 11) is 4.49. The smallest absolute Gasteiger partial charge is 0.187 e. The van der Waals surface area contributed by atoms with Crippen molar-refractivity contribution in [3.05, 3.63) is 11.6 Å². The number of fused-ring (bicyclic) bond motifs is 5. The molecule has 7 fully saturated rings. The van der Waals surface area contributed by atoms with E-state index in [2.05, 4.69) is 6.92 Å². The quantitative estimate of drug-likeness (QED) is 0.102. The predicted molar refractivity (Wildman–Crippen MR) is 236 cm³/mol. The van der Waals surface area contributed by atoms with E-state index >= 15 is 0 Å². The zero-order valence-corrected chi connectivity index (χ0v) is 41.2. The fourth-order valence-electron chi connectivity index (χ4n) is 13.8. The number of hydrogen-bond donors (Lipinski definition) is 9. The maximum atomic E-state index is 12.8. The van der Waals surface area contributed by atoms with Crippen LogP contribution in [0.4, 0.5) is 0 Å². The minimum Gasteiger partial charge on any atom is -0.394 e. The van der Waals surface area contributed by atoms with Gasteiger partial charge in [0, 0.05) is 40.1 Å². The van der Waals surface area contributed by atoms with Gasteiger partial charge < -0.3 is 98.1 Å². The van der Waals surface area contributed by atoms with Crippen LogP contribution < -0.4 is 0 Å². The number of ketones is 1. The molecule has 3 saturated carbocycles. The van der Waals surface area contributed by atoms with Crippen molar-refractivity contribution in [1.29, 1.82) is 0 Å². The Labute approximate surface area is 403 Å². The first-order valence-electron chi connectivity index (χ1n) is 24.7. The Morgan fingerprint density at radius 3 is 1.86 bits per heavy atom. The van der Waals surface area contributed by atoms with Gasteiger partial charge in [-0.25, -0.2) is 0 Å². The van der Waals surface area contributed by atoms with Crippen LogP contribution in [0.3, 0.4) is 0 Å². The fourth-order valence-corrected chi connectivity index (χ4v) is 13.8. The summed E-state index contributed by atoms with van der Waals surface area (Å²) < 4.78 is 67.5. The predicted octanol–water partition coefficient (Wildman–Crippen LogP) is -0.769. The molecule has 8 aliphatic rings. The van der Waals surface area contributed by atoms with E-state index < -0.39 is 163 Å². The molecule has 0 radical (unpaired) electrons. The molecule has 0 aromatic carbocycles. The fraction of sp³-hybridized carbons (Fsp3) is 0.938. The van der Waals surface area contributed by atoms with Crippen LogP contribution in [0.15, 0.2) is 11.6 Å². The number of hydrogen-bond acceptors (Lipinski definition) is 21. The Kier molecular flexibility index (Phi) is 15.7. The molecule has 69 heavy (non-hydrogen) atoms. The van der Waals surface area contributed by atoms with Gasteiger partial charge in [-0.1, -0.05) is 25.5 Å². The molecule has 21 nitrogen and oxygen atoms in total. The summed E-state index contributed by atoms with van der Waals surface area (Å²) in [5.41, 5.74) is -6.68. The number of Topliss-reactive ketones (excluding diaryl/α,β-unsaturated/α-hetero) is 1. The maximum absolute atomic E-state index is 12.8. The summed E-state index contributed by atoms with van der Waals surface area (Å²) in [6.45, 7) is 9.56. The lowest BCUT2D eigenvalue weighted by atomic mass is 9.42. The maximum Gasteiger partial charge on any atom is 0.187 e. The molecule has 9 N–H and O–H groups in total. The summed E-state index contributed by atoms with van der Waals surface area (Å²) >= 11 is 0. The Bertz CT molecular complexity index is 1840. The average Bonchev–Trinajstić information content (AvgIpc) is 3.55. The lowest BCUT2D eigenvalue weighted by Crippen LogP contribution is -2.78. The molecular formula is C48H78O21. The summed E-state index contributed by atoms with van der Waals surface area (Å²) in [6.07, 6.45) is -14.9. The molecular weight excluding hydrogens is 913 g/mol. The third kappa shape index (κ3) is 8.72. The second-order valence-corrected chi connectivity index (χ2v) is 21.5. The molecule has 0 aromatic rings. The lowest BCUT2D eigenvalue weighted by molar-refractivity contribution is -0.373. The zero-order valence-electron chi connectivity index (χ0n) is 41.2. The Morgan fingerprint density at radius 2 is 1.26 bits per heavy atom. The number of carbonyl (C=O) groups is 1. The molecule has 0 amide bonds. The van der Waals surface area contributed by atoms with Crippen LogP contribution in [0.1, 0.15) is 99.3 Å². The van der Waals surface area contributed by atoms with E-state index in [1.807, 2.05) is 13.0 Å². The van der Waals surface area contributed by atoms with Crippen molar-refractivity contribution in [1.82, 2.24) is 0 Å². The third-order valence-electron chi connectivity index (χ3n) is 18.1. The van der Waals surface area contributed by atoms with Crippen LogP contribution >= 0.6 is 0 Å². The van der Waals surface area contributed by atoms with Gasteiger partial charge in [0.1, 0.15) is 71.7 Å². The normalized spacial score (nSPS) is 54.5. The Hall–Kier alpha value is -1.39. The van der Waals surface area contributed by atoms with E-state index in [0.29, 0.717) is 25.7 Å². The van der Waals surface area contributed by atoms with Crippen molar-refractivity contribution in [2.24, 2.45) is 16.7 Å². The number of ether oxygens (including phenoxy) is 11. The minimum atomic E-state index is -1.96. The standard InChI is InChI=1S/C48H78O21/c1-21-38(67-33-18-28(60-8)39(22(2)63-33)68-43-37(55)41(61-9)40(23(3)64-43)69-42-36(54)35(53)34(52)29(20-49)66-42)27(59-7)17-32(62-21)65-26-11-12-44(5)25(16-26)10-13-47(57)30(44)19-31(51)45(6)46(56,24(4)50)14-15-48(45,47)58/h10,21-23,26-43,49,51-58H,11-20H2,1-9H3/t21-,22-,23-,26+,27+,28-,29-,30-,31-,32+,33+,34-,35+,36-,37-,38-,39-,40-,41-,42+,43+,44+,45-,46-,47+,48-/m1/s1. The van der Waals surface area contributed by atoms with Crippen molar-refractivity contribution < 1.29 is 103 Å². The number of aliphatic hydroxyl groups is 9. The van der Waals surface area contributed by atoms with E-state index in [0.717, 1.165) is 5.57 Å².